The molecule has 1 heterocycles. The minimum atomic E-state index is -0.963. The van der Waals surface area contributed by atoms with Gasteiger partial charge in [0.25, 0.3) is 0 Å². The van der Waals surface area contributed by atoms with Crippen LogP contribution in [0.3, 0.4) is 0 Å². The Labute approximate surface area is 141 Å². The first-order valence-corrected chi connectivity index (χ1v) is 8.24. The van der Waals surface area contributed by atoms with Crippen LogP contribution in [-0.4, -0.2) is 40.4 Å². The minimum Gasteiger partial charge on any atom is -0.480 e. The Morgan fingerprint density at radius 3 is 2.50 bits per heavy atom. The SMILES string of the molecule is CC(=O)N[C@H](CC(=O)N1CCCC[C@@H]1C(=O)O)c1ccc(C)cc1. The second kappa shape index (κ2) is 7.95. The molecule has 0 aromatic heterocycles. The van der Waals surface area contributed by atoms with E-state index in [9.17, 15) is 19.5 Å². The smallest absolute Gasteiger partial charge is 0.326 e. The van der Waals surface area contributed by atoms with Crippen LogP contribution in [0.1, 0.15) is 49.8 Å². The number of nitrogens with zero attached hydrogens (tertiary/aromatic N) is 1. The van der Waals surface area contributed by atoms with Gasteiger partial charge in [0.2, 0.25) is 11.8 Å². The number of amides is 2. The number of aryl methyl sites for hydroxylation is 1. The summed E-state index contributed by atoms with van der Waals surface area (Å²) in [4.78, 5) is 37.0. The summed E-state index contributed by atoms with van der Waals surface area (Å²) in [6.07, 6.45) is 2.17. The highest BCUT2D eigenvalue weighted by atomic mass is 16.4. The molecule has 1 fully saturated rings. The van der Waals surface area contributed by atoms with Gasteiger partial charge in [-0.25, -0.2) is 4.79 Å². The molecule has 6 heteroatoms. The summed E-state index contributed by atoms with van der Waals surface area (Å²) in [5.41, 5.74) is 1.93. The molecule has 0 unspecified atom stereocenters. The number of piperidine rings is 1. The maximum atomic E-state index is 12.7. The molecule has 1 aliphatic rings. The summed E-state index contributed by atoms with van der Waals surface area (Å²) in [5, 5.41) is 12.1. The standard InChI is InChI=1S/C18H24N2O4/c1-12-6-8-14(9-7-12)15(19-13(2)21)11-17(22)20-10-4-3-5-16(20)18(23)24/h6-9,15-16H,3-5,10-11H2,1-2H3,(H,19,21)(H,23,24)/t15-,16-/m1/s1. The van der Waals surface area contributed by atoms with E-state index in [-0.39, 0.29) is 18.2 Å². The van der Waals surface area contributed by atoms with Crippen LogP contribution in [0.2, 0.25) is 0 Å². The number of aliphatic carboxylic acids is 1. The second-order valence-electron chi connectivity index (χ2n) is 6.30. The summed E-state index contributed by atoms with van der Waals surface area (Å²) in [6, 6.07) is 6.40. The first kappa shape index (κ1) is 18.0. The van der Waals surface area contributed by atoms with Crippen LogP contribution in [0.15, 0.2) is 24.3 Å². The van der Waals surface area contributed by atoms with Crippen molar-refractivity contribution in [2.24, 2.45) is 0 Å². The lowest BCUT2D eigenvalue weighted by molar-refractivity contribution is -0.152. The van der Waals surface area contributed by atoms with Crippen molar-refractivity contribution in [3.63, 3.8) is 0 Å². The summed E-state index contributed by atoms with van der Waals surface area (Å²) in [6.45, 7) is 3.83. The Morgan fingerprint density at radius 1 is 1.25 bits per heavy atom. The molecular formula is C18H24N2O4. The maximum Gasteiger partial charge on any atom is 0.326 e. The van der Waals surface area contributed by atoms with Crippen molar-refractivity contribution in [3.8, 4) is 0 Å². The van der Waals surface area contributed by atoms with Crippen LogP contribution < -0.4 is 5.32 Å². The molecule has 0 aliphatic carbocycles. The fourth-order valence-electron chi connectivity index (χ4n) is 3.08. The molecule has 1 aliphatic heterocycles. The third kappa shape index (κ3) is 4.57. The molecule has 24 heavy (non-hydrogen) atoms. The monoisotopic (exact) mass is 332 g/mol. The molecule has 2 atom stereocenters. The average Bonchev–Trinajstić information content (AvgIpc) is 2.54. The Hall–Kier alpha value is -2.37. The van der Waals surface area contributed by atoms with Gasteiger partial charge in [-0.05, 0) is 31.7 Å². The summed E-state index contributed by atoms with van der Waals surface area (Å²) in [7, 11) is 0. The lowest BCUT2D eigenvalue weighted by atomic mass is 9.98. The Morgan fingerprint density at radius 2 is 1.92 bits per heavy atom. The van der Waals surface area contributed by atoms with E-state index < -0.39 is 18.1 Å². The zero-order valence-corrected chi connectivity index (χ0v) is 14.1. The van der Waals surface area contributed by atoms with Crippen molar-refractivity contribution in [2.75, 3.05) is 6.54 Å². The zero-order valence-electron chi connectivity index (χ0n) is 14.1. The molecule has 1 saturated heterocycles. The lowest BCUT2D eigenvalue weighted by Crippen LogP contribution is -2.48. The predicted octanol–water partition coefficient (Wildman–Crippen LogP) is 2.03. The molecule has 2 rings (SSSR count). The van der Waals surface area contributed by atoms with Crippen molar-refractivity contribution in [3.05, 3.63) is 35.4 Å². The predicted molar refractivity (Wildman–Crippen MR) is 89.3 cm³/mol. The first-order chi connectivity index (χ1) is 11.4. The molecule has 2 N–H and O–H groups in total. The Kier molecular flexibility index (Phi) is 5.95. The number of carboxylic acid groups (broad SMARTS) is 1. The van der Waals surface area contributed by atoms with E-state index in [2.05, 4.69) is 5.32 Å². The Balaban J connectivity index is 2.15. The topological polar surface area (TPSA) is 86.7 Å². The van der Waals surface area contributed by atoms with Gasteiger partial charge in [0.05, 0.1) is 12.5 Å². The molecule has 1 aromatic rings. The number of likely N-dealkylation sites (tertiary alicyclic amines) is 1. The van der Waals surface area contributed by atoms with Gasteiger partial charge in [0, 0.05) is 13.5 Å². The van der Waals surface area contributed by atoms with Gasteiger partial charge >= 0.3 is 5.97 Å². The highest BCUT2D eigenvalue weighted by Gasteiger charge is 2.33. The second-order valence-corrected chi connectivity index (χ2v) is 6.30. The molecule has 6 nitrogen and oxygen atoms in total. The first-order valence-electron chi connectivity index (χ1n) is 8.24. The molecule has 0 saturated carbocycles. The number of carbonyl (C=O) groups is 3. The number of carbonyl (C=O) groups excluding carboxylic acids is 2. The molecule has 130 valence electrons. The van der Waals surface area contributed by atoms with Gasteiger partial charge in [0.1, 0.15) is 6.04 Å². The van der Waals surface area contributed by atoms with E-state index in [1.165, 1.54) is 11.8 Å². The van der Waals surface area contributed by atoms with E-state index >= 15 is 0 Å². The van der Waals surface area contributed by atoms with Crippen molar-refractivity contribution < 1.29 is 19.5 Å². The van der Waals surface area contributed by atoms with Crippen LogP contribution in [0.25, 0.3) is 0 Å². The van der Waals surface area contributed by atoms with Gasteiger partial charge in [-0.15, -0.1) is 0 Å². The molecule has 0 spiro atoms. The third-order valence-electron chi connectivity index (χ3n) is 4.34. The van der Waals surface area contributed by atoms with Crippen LogP contribution in [0.4, 0.5) is 0 Å². The lowest BCUT2D eigenvalue weighted by Gasteiger charge is -2.34. The largest absolute Gasteiger partial charge is 0.480 e. The number of rotatable bonds is 5. The van der Waals surface area contributed by atoms with E-state index in [0.29, 0.717) is 13.0 Å². The number of carboxylic acids is 1. The summed E-state index contributed by atoms with van der Waals surface area (Å²) >= 11 is 0. The van der Waals surface area contributed by atoms with Crippen molar-refractivity contribution >= 4 is 17.8 Å². The van der Waals surface area contributed by atoms with E-state index in [1.54, 1.807) is 0 Å². The van der Waals surface area contributed by atoms with E-state index in [1.807, 2.05) is 31.2 Å². The van der Waals surface area contributed by atoms with Crippen LogP contribution >= 0.6 is 0 Å². The van der Waals surface area contributed by atoms with Crippen molar-refractivity contribution in [2.45, 2.75) is 51.6 Å². The minimum absolute atomic E-state index is 0.0619. The molecular weight excluding hydrogens is 308 g/mol. The summed E-state index contributed by atoms with van der Waals surface area (Å²) < 4.78 is 0. The van der Waals surface area contributed by atoms with Gasteiger partial charge in [-0.2, -0.15) is 0 Å². The quantitative estimate of drug-likeness (QED) is 0.864. The zero-order chi connectivity index (χ0) is 17.7. The molecule has 1 aromatic carbocycles. The Bertz CT molecular complexity index is 612. The van der Waals surface area contributed by atoms with Crippen LogP contribution in [-0.2, 0) is 14.4 Å². The van der Waals surface area contributed by atoms with Crippen molar-refractivity contribution in [1.29, 1.82) is 0 Å². The van der Waals surface area contributed by atoms with Crippen LogP contribution in [0, 0.1) is 6.92 Å². The summed E-state index contributed by atoms with van der Waals surface area (Å²) in [5.74, 6) is -1.42. The van der Waals surface area contributed by atoms with E-state index in [4.69, 9.17) is 0 Å². The van der Waals surface area contributed by atoms with Gasteiger partial charge in [-0.1, -0.05) is 29.8 Å². The number of hydrogen-bond acceptors (Lipinski definition) is 3. The molecule has 0 radical (unpaired) electrons. The number of nitrogens with one attached hydrogen (secondary N) is 1. The average molecular weight is 332 g/mol. The third-order valence-corrected chi connectivity index (χ3v) is 4.34. The number of hydrogen-bond donors (Lipinski definition) is 2. The van der Waals surface area contributed by atoms with Gasteiger partial charge < -0.3 is 15.3 Å². The van der Waals surface area contributed by atoms with Crippen LogP contribution in [0.5, 0.6) is 0 Å². The molecule has 0 bridgehead atoms. The fourth-order valence-corrected chi connectivity index (χ4v) is 3.08. The van der Waals surface area contributed by atoms with E-state index in [0.717, 1.165) is 24.0 Å². The normalized spacial score (nSPS) is 18.8. The maximum absolute atomic E-state index is 12.7. The number of benzene rings is 1. The molecule has 2 amide bonds. The fraction of sp³-hybridized carbons (Fsp3) is 0.500. The highest BCUT2D eigenvalue weighted by Crippen LogP contribution is 2.23. The van der Waals surface area contributed by atoms with Gasteiger partial charge in [0.15, 0.2) is 0 Å². The van der Waals surface area contributed by atoms with Crippen molar-refractivity contribution in [1.82, 2.24) is 10.2 Å². The van der Waals surface area contributed by atoms with Gasteiger partial charge in [-0.3, -0.25) is 9.59 Å². The highest BCUT2D eigenvalue weighted by molar-refractivity contribution is 5.85.